The van der Waals surface area contributed by atoms with Crippen molar-refractivity contribution in [3.05, 3.63) is 52.5 Å². The van der Waals surface area contributed by atoms with Gasteiger partial charge >= 0.3 is 0 Å². The lowest BCUT2D eigenvalue weighted by atomic mass is 10.1. The summed E-state index contributed by atoms with van der Waals surface area (Å²) in [7, 11) is 0. The van der Waals surface area contributed by atoms with Crippen LogP contribution in [-0.4, -0.2) is 10.8 Å². The number of aromatic nitrogens is 1. The summed E-state index contributed by atoms with van der Waals surface area (Å²) in [6, 6.07) is 7.90. The van der Waals surface area contributed by atoms with Crippen molar-refractivity contribution >= 4 is 17.1 Å². The molecule has 0 aliphatic rings. The fourth-order valence-corrected chi connectivity index (χ4v) is 2.26. The molecule has 0 aliphatic heterocycles. The van der Waals surface area contributed by atoms with Crippen molar-refractivity contribution in [2.75, 3.05) is 0 Å². The van der Waals surface area contributed by atoms with E-state index >= 15 is 0 Å². The minimum Gasteiger partial charge on any atom is -0.299 e. The van der Waals surface area contributed by atoms with Crippen LogP contribution in [-0.2, 0) is 17.6 Å². The summed E-state index contributed by atoms with van der Waals surface area (Å²) in [4.78, 5) is 16.8. The molecule has 0 N–H and O–H groups in total. The van der Waals surface area contributed by atoms with Crippen molar-refractivity contribution in [2.45, 2.75) is 19.3 Å². The van der Waals surface area contributed by atoms with Crippen molar-refractivity contribution in [3.8, 4) is 0 Å². The third-order valence-corrected chi connectivity index (χ3v) is 3.27. The zero-order valence-electron chi connectivity index (χ0n) is 8.93. The summed E-state index contributed by atoms with van der Waals surface area (Å²) in [5.41, 5.74) is 1.18. The number of carbonyl (C=O) groups is 1. The van der Waals surface area contributed by atoms with Crippen molar-refractivity contribution in [2.24, 2.45) is 0 Å². The molecule has 0 radical (unpaired) electrons. The number of Topliss-reactive ketones (excluding diaryl/α,β-unsaturated/α-hetero) is 1. The highest BCUT2D eigenvalue weighted by molar-refractivity contribution is 7.10. The van der Waals surface area contributed by atoms with Gasteiger partial charge in [0.25, 0.3) is 0 Å². The van der Waals surface area contributed by atoms with Gasteiger partial charge in [0.05, 0.1) is 0 Å². The molecule has 0 atom stereocenters. The Labute approximate surface area is 99.0 Å². The molecule has 0 amide bonds. The average Bonchev–Trinajstić information content (AvgIpc) is 2.81. The molecule has 2 rings (SSSR count). The fourth-order valence-electron chi connectivity index (χ4n) is 1.53. The summed E-state index contributed by atoms with van der Waals surface area (Å²) in [5, 5.41) is 2.01. The normalized spacial score (nSPS) is 10.2. The smallest absolute Gasteiger partial charge is 0.138 e. The van der Waals surface area contributed by atoms with Crippen LogP contribution in [0.25, 0.3) is 0 Å². The standard InChI is InChI=1S/C13H13NOS/c15-12(10-13-2-1-9-16-13)4-3-11-5-7-14-8-6-11/h1-2,5-9H,3-4,10H2. The van der Waals surface area contributed by atoms with E-state index in [9.17, 15) is 4.79 Å². The predicted octanol–water partition coefficient (Wildman–Crippen LogP) is 2.89. The molecule has 2 heterocycles. The summed E-state index contributed by atoms with van der Waals surface area (Å²) in [6.45, 7) is 0. The van der Waals surface area contributed by atoms with Gasteiger partial charge in [-0.15, -0.1) is 11.3 Å². The summed E-state index contributed by atoms with van der Waals surface area (Å²) >= 11 is 1.64. The summed E-state index contributed by atoms with van der Waals surface area (Å²) < 4.78 is 0. The Balaban J connectivity index is 1.80. The second-order valence-electron chi connectivity index (χ2n) is 3.65. The first kappa shape index (κ1) is 11.0. The minimum absolute atomic E-state index is 0.305. The molecule has 2 aromatic heterocycles. The maximum absolute atomic E-state index is 11.7. The highest BCUT2D eigenvalue weighted by Crippen LogP contribution is 2.11. The van der Waals surface area contributed by atoms with Gasteiger partial charge in [0, 0.05) is 30.1 Å². The van der Waals surface area contributed by atoms with Crippen LogP contribution in [0.5, 0.6) is 0 Å². The molecular weight excluding hydrogens is 218 g/mol. The SMILES string of the molecule is O=C(CCc1ccncc1)Cc1cccs1. The second kappa shape index (κ2) is 5.56. The quantitative estimate of drug-likeness (QED) is 0.792. The zero-order valence-corrected chi connectivity index (χ0v) is 9.74. The molecular formula is C13H13NOS. The molecule has 3 heteroatoms. The van der Waals surface area contributed by atoms with Crippen LogP contribution in [0.15, 0.2) is 42.0 Å². The molecule has 0 bridgehead atoms. The van der Waals surface area contributed by atoms with Gasteiger partial charge in [0.15, 0.2) is 0 Å². The van der Waals surface area contributed by atoms with Gasteiger partial charge in [-0.2, -0.15) is 0 Å². The second-order valence-corrected chi connectivity index (χ2v) is 4.68. The van der Waals surface area contributed by atoms with Crippen LogP contribution >= 0.6 is 11.3 Å². The number of rotatable bonds is 5. The molecule has 16 heavy (non-hydrogen) atoms. The number of hydrogen-bond donors (Lipinski definition) is 0. The van der Waals surface area contributed by atoms with Gasteiger partial charge in [-0.3, -0.25) is 9.78 Å². The Morgan fingerprint density at radius 3 is 2.75 bits per heavy atom. The van der Waals surface area contributed by atoms with E-state index in [1.807, 2.05) is 29.6 Å². The molecule has 82 valence electrons. The van der Waals surface area contributed by atoms with Crippen molar-refractivity contribution in [1.29, 1.82) is 0 Å². The lowest BCUT2D eigenvalue weighted by Crippen LogP contribution is -2.03. The molecule has 0 aromatic carbocycles. The monoisotopic (exact) mass is 231 g/mol. The minimum atomic E-state index is 0.305. The lowest BCUT2D eigenvalue weighted by Gasteiger charge is -1.99. The number of carbonyl (C=O) groups excluding carboxylic acids is 1. The van der Waals surface area contributed by atoms with Crippen LogP contribution in [0.3, 0.4) is 0 Å². The van der Waals surface area contributed by atoms with Gasteiger partial charge in [-0.1, -0.05) is 6.07 Å². The van der Waals surface area contributed by atoms with E-state index in [1.54, 1.807) is 23.7 Å². The number of ketones is 1. The maximum Gasteiger partial charge on any atom is 0.138 e. The zero-order chi connectivity index (χ0) is 11.2. The van der Waals surface area contributed by atoms with Crippen molar-refractivity contribution < 1.29 is 4.79 Å². The number of pyridine rings is 1. The van der Waals surface area contributed by atoms with Gasteiger partial charge in [0.2, 0.25) is 0 Å². The predicted molar refractivity (Wildman–Crippen MR) is 65.6 cm³/mol. The third-order valence-electron chi connectivity index (χ3n) is 2.39. The summed E-state index contributed by atoms with van der Waals surface area (Å²) in [6.07, 6.45) is 5.52. The third kappa shape index (κ3) is 3.28. The maximum atomic E-state index is 11.7. The number of thiophene rings is 1. The lowest BCUT2D eigenvalue weighted by molar-refractivity contribution is -0.118. The number of aryl methyl sites for hydroxylation is 1. The van der Waals surface area contributed by atoms with Gasteiger partial charge < -0.3 is 0 Å². The Morgan fingerprint density at radius 2 is 2.06 bits per heavy atom. The van der Waals surface area contributed by atoms with E-state index in [0.29, 0.717) is 18.6 Å². The molecule has 0 spiro atoms. The molecule has 0 fully saturated rings. The van der Waals surface area contributed by atoms with E-state index in [-0.39, 0.29) is 0 Å². The van der Waals surface area contributed by atoms with Gasteiger partial charge in [-0.25, -0.2) is 0 Å². The molecule has 0 saturated carbocycles. The van der Waals surface area contributed by atoms with Crippen LogP contribution in [0.1, 0.15) is 16.9 Å². The Morgan fingerprint density at radius 1 is 1.25 bits per heavy atom. The highest BCUT2D eigenvalue weighted by Gasteiger charge is 2.04. The average molecular weight is 231 g/mol. The number of nitrogens with zero attached hydrogens (tertiary/aromatic N) is 1. The van der Waals surface area contributed by atoms with Crippen LogP contribution in [0.2, 0.25) is 0 Å². The summed E-state index contributed by atoms with van der Waals surface area (Å²) in [5.74, 6) is 0.305. The molecule has 0 aliphatic carbocycles. The van der Waals surface area contributed by atoms with E-state index in [0.717, 1.165) is 11.3 Å². The molecule has 2 nitrogen and oxygen atoms in total. The van der Waals surface area contributed by atoms with Crippen molar-refractivity contribution in [3.63, 3.8) is 0 Å². The van der Waals surface area contributed by atoms with E-state index in [4.69, 9.17) is 0 Å². The Hall–Kier alpha value is -1.48. The van der Waals surface area contributed by atoms with Crippen LogP contribution in [0.4, 0.5) is 0 Å². The van der Waals surface area contributed by atoms with Gasteiger partial charge in [-0.05, 0) is 35.6 Å². The number of hydrogen-bond acceptors (Lipinski definition) is 3. The van der Waals surface area contributed by atoms with E-state index < -0.39 is 0 Å². The molecule has 2 aromatic rings. The van der Waals surface area contributed by atoms with Crippen LogP contribution in [0, 0.1) is 0 Å². The Kier molecular flexibility index (Phi) is 3.83. The largest absolute Gasteiger partial charge is 0.299 e. The fraction of sp³-hybridized carbons (Fsp3) is 0.231. The molecule has 0 unspecified atom stereocenters. The Bertz CT molecular complexity index is 436. The van der Waals surface area contributed by atoms with E-state index in [1.165, 1.54) is 5.56 Å². The van der Waals surface area contributed by atoms with Crippen LogP contribution < -0.4 is 0 Å². The first-order valence-corrected chi connectivity index (χ1v) is 6.15. The van der Waals surface area contributed by atoms with Crippen molar-refractivity contribution in [1.82, 2.24) is 4.98 Å². The highest BCUT2D eigenvalue weighted by atomic mass is 32.1. The van der Waals surface area contributed by atoms with Gasteiger partial charge in [0.1, 0.15) is 5.78 Å². The molecule has 0 saturated heterocycles. The first-order valence-electron chi connectivity index (χ1n) is 5.27. The topological polar surface area (TPSA) is 30.0 Å². The first-order chi connectivity index (χ1) is 7.84. The van der Waals surface area contributed by atoms with E-state index in [2.05, 4.69) is 4.98 Å².